The molecule has 0 saturated heterocycles. The summed E-state index contributed by atoms with van der Waals surface area (Å²) in [5, 5.41) is 13.1. The molecule has 1 aliphatic rings. The number of nitrogens with zero attached hydrogens (tertiary/aromatic N) is 1. The van der Waals surface area contributed by atoms with Crippen LogP contribution in [0.15, 0.2) is 35.1 Å². The second-order valence-electron chi connectivity index (χ2n) is 6.35. The molecule has 1 amide bonds. The Morgan fingerprint density at radius 3 is 2.72 bits per heavy atom. The maximum atomic E-state index is 12.4. The van der Waals surface area contributed by atoms with Gasteiger partial charge in [0, 0.05) is 17.5 Å². The van der Waals surface area contributed by atoms with E-state index in [4.69, 9.17) is 5.11 Å². The number of aromatic nitrogens is 1. The van der Waals surface area contributed by atoms with Gasteiger partial charge in [-0.3, -0.25) is 19.3 Å². The Kier molecular flexibility index (Phi) is 4.85. The average Bonchev–Trinajstić information content (AvgIpc) is 2.55. The number of carbonyl (C=O) groups excluding carboxylic acids is 1. The van der Waals surface area contributed by atoms with E-state index in [0.29, 0.717) is 24.8 Å². The lowest BCUT2D eigenvalue weighted by Gasteiger charge is -2.42. The van der Waals surface area contributed by atoms with E-state index in [1.54, 1.807) is 24.3 Å². The van der Waals surface area contributed by atoms with Gasteiger partial charge in [-0.1, -0.05) is 25.1 Å². The highest BCUT2D eigenvalue weighted by molar-refractivity contribution is 5.96. The normalized spacial score (nSPS) is 19.6. The number of H-pyrrole nitrogens is 1. The van der Waals surface area contributed by atoms with E-state index in [1.165, 1.54) is 0 Å². The molecular weight excluding hydrogens is 322 g/mol. The summed E-state index contributed by atoms with van der Waals surface area (Å²) in [6.07, 6.45) is 1.43. The molecule has 0 bridgehead atoms. The molecule has 1 fully saturated rings. The Labute approximate surface area is 144 Å². The molecule has 0 aliphatic heterocycles. The zero-order valence-electron chi connectivity index (χ0n) is 14.0. The fourth-order valence-corrected chi connectivity index (χ4v) is 3.27. The molecule has 7 heteroatoms. The third kappa shape index (κ3) is 3.71. The number of hydrogen-bond acceptors (Lipinski definition) is 4. The fourth-order valence-electron chi connectivity index (χ4n) is 3.27. The third-order valence-electron chi connectivity index (χ3n) is 4.71. The number of carboxylic acids is 1. The number of amides is 1. The van der Waals surface area contributed by atoms with Gasteiger partial charge in [-0.15, -0.1) is 0 Å². The van der Waals surface area contributed by atoms with E-state index in [9.17, 15) is 14.4 Å². The van der Waals surface area contributed by atoms with Gasteiger partial charge in [0.2, 0.25) is 0 Å². The minimum Gasteiger partial charge on any atom is -0.480 e. The number of aromatic amines is 1. The van der Waals surface area contributed by atoms with Crippen molar-refractivity contribution in [2.45, 2.75) is 31.8 Å². The molecule has 0 spiro atoms. The minimum atomic E-state index is -0.844. The first-order valence-corrected chi connectivity index (χ1v) is 8.36. The van der Waals surface area contributed by atoms with Crippen LogP contribution in [0.4, 0.5) is 0 Å². The predicted octanol–water partition coefficient (Wildman–Crippen LogP) is 1.20. The van der Waals surface area contributed by atoms with E-state index in [-0.39, 0.29) is 35.8 Å². The van der Waals surface area contributed by atoms with Crippen LogP contribution in [0, 0.1) is 0 Å². The van der Waals surface area contributed by atoms with Crippen molar-refractivity contribution < 1.29 is 14.7 Å². The lowest BCUT2D eigenvalue weighted by molar-refractivity contribution is -0.139. The quantitative estimate of drug-likeness (QED) is 0.731. The lowest BCUT2D eigenvalue weighted by Crippen LogP contribution is -2.54. The average molecular weight is 343 g/mol. The van der Waals surface area contributed by atoms with E-state index in [2.05, 4.69) is 10.3 Å². The molecule has 7 nitrogen and oxygen atoms in total. The van der Waals surface area contributed by atoms with Crippen molar-refractivity contribution in [1.29, 1.82) is 0 Å². The number of pyridine rings is 1. The molecule has 0 unspecified atom stereocenters. The van der Waals surface area contributed by atoms with Crippen LogP contribution in [-0.2, 0) is 4.79 Å². The summed E-state index contributed by atoms with van der Waals surface area (Å²) in [5.74, 6) is -1.16. The maximum absolute atomic E-state index is 12.4. The van der Waals surface area contributed by atoms with Gasteiger partial charge in [-0.2, -0.15) is 0 Å². The van der Waals surface area contributed by atoms with Crippen LogP contribution in [0.5, 0.6) is 0 Å². The number of nitrogens with one attached hydrogen (secondary N) is 2. The molecule has 1 saturated carbocycles. The van der Waals surface area contributed by atoms with Gasteiger partial charge >= 0.3 is 5.97 Å². The van der Waals surface area contributed by atoms with E-state index < -0.39 is 5.97 Å². The molecule has 0 atom stereocenters. The molecule has 1 aromatic carbocycles. The van der Waals surface area contributed by atoms with E-state index >= 15 is 0 Å². The molecule has 0 radical (unpaired) electrons. The van der Waals surface area contributed by atoms with Crippen LogP contribution < -0.4 is 10.9 Å². The van der Waals surface area contributed by atoms with Crippen LogP contribution in [0.3, 0.4) is 0 Å². The second-order valence-corrected chi connectivity index (χ2v) is 6.35. The molecule has 25 heavy (non-hydrogen) atoms. The van der Waals surface area contributed by atoms with Gasteiger partial charge in [0.25, 0.3) is 11.5 Å². The Bertz CT molecular complexity index is 855. The van der Waals surface area contributed by atoms with Crippen molar-refractivity contribution in [1.82, 2.24) is 15.2 Å². The van der Waals surface area contributed by atoms with Crippen LogP contribution in [0.25, 0.3) is 10.8 Å². The van der Waals surface area contributed by atoms with Gasteiger partial charge in [0.05, 0.1) is 6.54 Å². The summed E-state index contributed by atoms with van der Waals surface area (Å²) >= 11 is 0. The van der Waals surface area contributed by atoms with Crippen molar-refractivity contribution in [2.24, 2.45) is 0 Å². The highest BCUT2D eigenvalue weighted by atomic mass is 16.4. The molecule has 2 aromatic rings. The molecule has 1 aliphatic carbocycles. The number of hydrogen-bond donors (Lipinski definition) is 3. The summed E-state index contributed by atoms with van der Waals surface area (Å²) in [6.45, 7) is 2.60. The van der Waals surface area contributed by atoms with Gasteiger partial charge < -0.3 is 15.4 Å². The molecule has 3 N–H and O–H groups in total. The minimum absolute atomic E-state index is 0.00434. The topological polar surface area (TPSA) is 102 Å². The number of fused-ring (bicyclic) bond motifs is 1. The van der Waals surface area contributed by atoms with Gasteiger partial charge in [-0.25, -0.2) is 0 Å². The first-order chi connectivity index (χ1) is 12.0. The Hall–Kier alpha value is -2.67. The zero-order valence-corrected chi connectivity index (χ0v) is 14.0. The number of carboxylic acid groups (broad SMARTS) is 1. The summed E-state index contributed by atoms with van der Waals surface area (Å²) < 4.78 is 0. The highest BCUT2D eigenvalue weighted by Crippen LogP contribution is 2.25. The van der Waals surface area contributed by atoms with E-state index in [0.717, 1.165) is 5.39 Å². The number of aliphatic carboxylic acids is 1. The summed E-state index contributed by atoms with van der Waals surface area (Å²) in [5.41, 5.74) is -0.0432. The van der Waals surface area contributed by atoms with Crippen molar-refractivity contribution >= 4 is 22.6 Å². The van der Waals surface area contributed by atoms with Gasteiger partial charge in [0.1, 0.15) is 5.69 Å². The zero-order chi connectivity index (χ0) is 18.0. The highest BCUT2D eigenvalue weighted by Gasteiger charge is 2.34. The second kappa shape index (κ2) is 7.06. The Morgan fingerprint density at radius 2 is 2.04 bits per heavy atom. The van der Waals surface area contributed by atoms with Gasteiger partial charge in [-0.05, 0) is 36.9 Å². The number of benzene rings is 1. The monoisotopic (exact) mass is 343 g/mol. The predicted molar refractivity (Wildman–Crippen MR) is 93.7 cm³/mol. The fraction of sp³-hybridized carbons (Fsp3) is 0.389. The summed E-state index contributed by atoms with van der Waals surface area (Å²) in [4.78, 5) is 39.8. The first-order valence-electron chi connectivity index (χ1n) is 8.36. The molecule has 132 valence electrons. The molecule has 3 rings (SSSR count). The summed E-state index contributed by atoms with van der Waals surface area (Å²) in [7, 11) is 0. The lowest BCUT2D eigenvalue weighted by atomic mass is 9.85. The number of rotatable bonds is 6. The molecular formula is C18H21N3O4. The smallest absolute Gasteiger partial charge is 0.317 e. The van der Waals surface area contributed by atoms with Gasteiger partial charge in [0.15, 0.2) is 0 Å². The van der Waals surface area contributed by atoms with Crippen LogP contribution in [0.1, 0.15) is 30.3 Å². The Balaban J connectivity index is 1.63. The Morgan fingerprint density at radius 1 is 1.32 bits per heavy atom. The van der Waals surface area contributed by atoms with Crippen molar-refractivity contribution in [3.8, 4) is 0 Å². The maximum Gasteiger partial charge on any atom is 0.317 e. The number of carbonyl (C=O) groups is 2. The standard InChI is InChI=1S/C18H21N3O4/c1-2-21(10-16(22)23)13-8-12(9-13)19-18(25)15-7-11-5-3-4-6-14(11)17(24)20-15/h3-7,12-13H,2,8-10H2,1H3,(H,19,25)(H,20,24)(H,22,23). The summed E-state index contributed by atoms with van der Waals surface area (Å²) in [6, 6.07) is 8.95. The van der Waals surface area contributed by atoms with Crippen molar-refractivity contribution in [3.63, 3.8) is 0 Å². The number of likely N-dealkylation sites (N-methyl/N-ethyl adjacent to an activating group) is 1. The molecule has 1 aromatic heterocycles. The van der Waals surface area contributed by atoms with Crippen LogP contribution >= 0.6 is 0 Å². The largest absolute Gasteiger partial charge is 0.480 e. The SMILES string of the molecule is CCN(CC(=O)O)C1CC(NC(=O)c2cc3ccccc3c(=O)[nH]2)C1. The first kappa shape index (κ1) is 17.2. The van der Waals surface area contributed by atoms with Crippen molar-refractivity contribution in [3.05, 3.63) is 46.4 Å². The van der Waals surface area contributed by atoms with E-state index in [1.807, 2.05) is 17.9 Å². The van der Waals surface area contributed by atoms with Crippen molar-refractivity contribution in [2.75, 3.05) is 13.1 Å². The van der Waals surface area contributed by atoms with Crippen LogP contribution in [0.2, 0.25) is 0 Å². The molecule has 1 heterocycles. The third-order valence-corrected chi connectivity index (χ3v) is 4.71. The van der Waals surface area contributed by atoms with Crippen LogP contribution in [-0.4, -0.2) is 52.0 Å².